The van der Waals surface area contributed by atoms with E-state index < -0.39 is 33.4 Å². The Morgan fingerprint density at radius 1 is 0.975 bits per heavy atom. The normalized spacial score (nSPS) is 32.3. The molecule has 2 fully saturated rings. The van der Waals surface area contributed by atoms with Crippen LogP contribution in [0.25, 0.3) is 0 Å². The van der Waals surface area contributed by atoms with Crippen molar-refractivity contribution in [1.82, 2.24) is 9.80 Å². The van der Waals surface area contributed by atoms with E-state index in [1.807, 2.05) is 54.3 Å². The molecule has 1 spiro atoms. The third-order valence-electron chi connectivity index (χ3n) is 9.03. The number of aliphatic hydroxyl groups is 1. The minimum Gasteiger partial charge on any atom is -0.394 e. The predicted octanol–water partition coefficient (Wildman–Crippen LogP) is 4.27. The maximum Gasteiger partial charge on any atom is 0.247 e. The summed E-state index contributed by atoms with van der Waals surface area (Å²) in [5, 5.41) is 10.5. The Kier molecular flexibility index (Phi) is 8.22. The molecule has 40 heavy (non-hydrogen) atoms. The van der Waals surface area contributed by atoms with Crippen molar-refractivity contribution in [3.63, 3.8) is 0 Å². The van der Waals surface area contributed by atoms with Crippen LogP contribution in [0.2, 0.25) is 0 Å². The lowest BCUT2D eigenvalue weighted by molar-refractivity contribution is -0.146. The van der Waals surface area contributed by atoms with Gasteiger partial charge >= 0.3 is 0 Å². The highest BCUT2D eigenvalue weighted by molar-refractivity contribution is 8.02. The molecule has 0 bridgehead atoms. The number of carbonyl (C=O) groups is 3. The quantitative estimate of drug-likeness (QED) is 0.357. The number of likely N-dealkylation sites (tertiary alicyclic amines) is 1. The number of thioether (sulfide) groups is 1. The van der Waals surface area contributed by atoms with Crippen LogP contribution in [0.15, 0.2) is 54.6 Å². The number of nitrogens with zero attached hydrogens (tertiary/aromatic N) is 3. The zero-order valence-corrected chi connectivity index (χ0v) is 25.0. The van der Waals surface area contributed by atoms with Gasteiger partial charge in [-0.15, -0.1) is 11.8 Å². The van der Waals surface area contributed by atoms with Gasteiger partial charge in [-0.3, -0.25) is 14.4 Å². The van der Waals surface area contributed by atoms with Crippen molar-refractivity contribution in [2.24, 2.45) is 17.8 Å². The Hall–Kier alpha value is -2.58. The number of carbonyl (C=O) groups excluding carboxylic acids is 3. The van der Waals surface area contributed by atoms with Crippen molar-refractivity contribution in [2.45, 2.75) is 75.0 Å². The van der Waals surface area contributed by atoms with E-state index in [0.717, 1.165) is 24.9 Å². The molecule has 4 aliphatic heterocycles. The second kappa shape index (κ2) is 11.4. The molecule has 5 rings (SSSR count). The molecule has 8 heteroatoms. The van der Waals surface area contributed by atoms with Crippen molar-refractivity contribution in [1.29, 1.82) is 0 Å². The standard InChI is InChI=1S/C32H43N3O4S/c1-5-6-10-17-33-18-12-16-32-26(29(38)35(27(32)30(33)39)24(21-36)20-22(2)3)25-28(37)34(23-13-8-7-9-14-23)19-11-15-31(25,4)40-32/h7-9,11-16,22,24-27,36H,5-6,10,17-21H2,1-4H3/t24-,25+,26+,27?,31-,32+/m1/s1. The van der Waals surface area contributed by atoms with Crippen molar-refractivity contribution in [3.05, 3.63) is 54.6 Å². The molecule has 7 nitrogen and oxygen atoms in total. The molecule has 4 heterocycles. The number of benzene rings is 1. The molecule has 1 aromatic rings. The van der Waals surface area contributed by atoms with Gasteiger partial charge < -0.3 is 19.8 Å². The Balaban J connectivity index is 1.62. The predicted molar refractivity (Wildman–Crippen MR) is 160 cm³/mol. The summed E-state index contributed by atoms with van der Waals surface area (Å²) in [7, 11) is 0. The van der Waals surface area contributed by atoms with Crippen LogP contribution in [0.5, 0.6) is 0 Å². The number of aliphatic hydroxyl groups excluding tert-OH is 1. The molecule has 6 atom stereocenters. The molecule has 3 amide bonds. The molecule has 0 radical (unpaired) electrons. The molecule has 216 valence electrons. The highest BCUT2D eigenvalue weighted by Crippen LogP contribution is 2.66. The van der Waals surface area contributed by atoms with E-state index in [1.165, 1.54) is 0 Å². The lowest BCUT2D eigenvalue weighted by atomic mass is 9.74. The van der Waals surface area contributed by atoms with Crippen LogP contribution in [0.1, 0.15) is 53.4 Å². The smallest absolute Gasteiger partial charge is 0.247 e. The number of para-hydroxylation sites is 1. The fourth-order valence-electron chi connectivity index (χ4n) is 7.31. The van der Waals surface area contributed by atoms with E-state index in [9.17, 15) is 19.5 Å². The molecule has 0 saturated carbocycles. The lowest BCUT2D eigenvalue weighted by Crippen LogP contribution is -2.57. The summed E-state index contributed by atoms with van der Waals surface area (Å²) in [6.45, 7) is 9.66. The highest BCUT2D eigenvalue weighted by Gasteiger charge is 2.74. The molecular weight excluding hydrogens is 522 g/mol. The summed E-state index contributed by atoms with van der Waals surface area (Å²) in [4.78, 5) is 48.9. The van der Waals surface area contributed by atoms with Gasteiger partial charge in [-0.25, -0.2) is 0 Å². The van der Waals surface area contributed by atoms with E-state index >= 15 is 0 Å². The maximum absolute atomic E-state index is 14.7. The second-order valence-corrected chi connectivity index (χ2v) is 14.1. The third-order valence-corrected chi connectivity index (χ3v) is 10.8. The summed E-state index contributed by atoms with van der Waals surface area (Å²) in [5.74, 6) is -1.45. The summed E-state index contributed by atoms with van der Waals surface area (Å²) < 4.78 is -1.54. The first-order valence-electron chi connectivity index (χ1n) is 14.8. The van der Waals surface area contributed by atoms with E-state index in [1.54, 1.807) is 21.6 Å². The average molecular weight is 566 g/mol. The van der Waals surface area contributed by atoms with Gasteiger partial charge in [0, 0.05) is 30.1 Å². The zero-order valence-electron chi connectivity index (χ0n) is 24.2. The van der Waals surface area contributed by atoms with Crippen molar-refractivity contribution in [2.75, 3.05) is 31.1 Å². The molecule has 1 N–H and O–H groups in total. The van der Waals surface area contributed by atoms with Gasteiger partial charge in [0.25, 0.3) is 0 Å². The Morgan fingerprint density at radius 3 is 2.38 bits per heavy atom. The van der Waals surface area contributed by atoms with Crippen LogP contribution < -0.4 is 4.90 Å². The number of hydrogen-bond acceptors (Lipinski definition) is 5. The Bertz CT molecular complexity index is 1190. The molecule has 0 aliphatic carbocycles. The van der Waals surface area contributed by atoms with Crippen LogP contribution in [0, 0.1) is 17.8 Å². The van der Waals surface area contributed by atoms with Crippen LogP contribution in [0.3, 0.4) is 0 Å². The van der Waals surface area contributed by atoms with Gasteiger partial charge in [-0.1, -0.05) is 76.1 Å². The number of fused-ring (bicyclic) bond motifs is 2. The summed E-state index contributed by atoms with van der Waals surface area (Å²) in [6, 6.07) is 8.35. The monoisotopic (exact) mass is 565 g/mol. The van der Waals surface area contributed by atoms with Gasteiger partial charge in [-0.05, 0) is 37.8 Å². The first kappa shape index (κ1) is 28.9. The van der Waals surface area contributed by atoms with Crippen LogP contribution in [0.4, 0.5) is 5.69 Å². The number of anilines is 1. The van der Waals surface area contributed by atoms with E-state index in [2.05, 4.69) is 32.9 Å². The van der Waals surface area contributed by atoms with E-state index in [4.69, 9.17) is 0 Å². The van der Waals surface area contributed by atoms with Gasteiger partial charge in [0.15, 0.2) is 0 Å². The van der Waals surface area contributed by atoms with Crippen molar-refractivity contribution < 1.29 is 19.5 Å². The largest absolute Gasteiger partial charge is 0.394 e. The fourth-order valence-corrected chi connectivity index (χ4v) is 9.46. The fraction of sp³-hybridized carbons (Fsp3) is 0.594. The van der Waals surface area contributed by atoms with Crippen molar-refractivity contribution in [3.8, 4) is 0 Å². The highest BCUT2D eigenvalue weighted by atomic mass is 32.2. The van der Waals surface area contributed by atoms with E-state index in [-0.39, 0.29) is 30.2 Å². The summed E-state index contributed by atoms with van der Waals surface area (Å²) in [6.07, 6.45) is 11.8. The van der Waals surface area contributed by atoms with Gasteiger partial charge in [0.2, 0.25) is 17.7 Å². The van der Waals surface area contributed by atoms with Gasteiger partial charge in [0.1, 0.15) is 6.04 Å². The minimum absolute atomic E-state index is 0.0666. The number of amides is 3. The van der Waals surface area contributed by atoms with E-state index in [0.29, 0.717) is 26.1 Å². The SMILES string of the molecule is CCCCCN1CC=C[C@]23S[C@]4(C)C=CCN(c5ccccc5)C(=O)[C@@H]4[C@H]2C(=O)N([C@@H](CO)CC(C)C)C3C1=O. The number of rotatable bonds is 9. The lowest BCUT2D eigenvalue weighted by Gasteiger charge is -2.40. The maximum atomic E-state index is 14.7. The molecule has 1 aromatic carbocycles. The molecule has 2 saturated heterocycles. The van der Waals surface area contributed by atoms with Crippen LogP contribution in [-0.4, -0.2) is 80.4 Å². The van der Waals surface area contributed by atoms with Gasteiger partial charge in [-0.2, -0.15) is 0 Å². The van der Waals surface area contributed by atoms with Gasteiger partial charge in [0.05, 0.1) is 29.2 Å². The number of hydrogen-bond donors (Lipinski definition) is 1. The summed E-state index contributed by atoms with van der Waals surface area (Å²) >= 11 is 1.60. The third kappa shape index (κ3) is 4.71. The Labute approximate surface area is 242 Å². The first-order valence-corrected chi connectivity index (χ1v) is 15.6. The van der Waals surface area contributed by atoms with Crippen LogP contribution in [-0.2, 0) is 14.4 Å². The molecular formula is C32H43N3O4S. The van der Waals surface area contributed by atoms with Crippen LogP contribution >= 0.6 is 11.8 Å². The average Bonchev–Trinajstić information content (AvgIpc) is 3.21. The first-order chi connectivity index (χ1) is 19.2. The second-order valence-electron chi connectivity index (χ2n) is 12.3. The topological polar surface area (TPSA) is 81.2 Å². The molecule has 1 unspecified atom stereocenters. The zero-order chi connectivity index (χ0) is 28.7. The van der Waals surface area contributed by atoms with Crippen molar-refractivity contribution >= 4 is 35.2 Å². The molecule has 4 aliphatic rings. The summed E-state index contributed by atoms with van der Waals surface area (Å²) in [5.41, 5.74) is 0.800. The molecule has 0 aromatic heterocycles. The Morgan fingerprint density at radius 2 is 1.70 bits per heavy atom. The number of unbranched alkanes of at least 4 members (excludes halogenated alkanes) is 2. The minimum atomic E-state index is -0.892.